The zero-order valence-electron chi connectivity index (χ0n) is 9.56. The molecule has 2 amide bonds. The third-order valence-electron chi connectivity index (χ3n) is 1.84. The molecule has 0 heterocycles. The van der Waals surface area contributed by atoms with E-state index in [9.17, 15) is 9.59 Å². The van der Waals surface area contributed by atoms with Crippen LogP contribution in [-0.2, 0) is 9.59 Å². The number of aliphatic hydroxyl groups is 4. The maximum absolute atomic E-state index is 11.4. The monoisotopic (exact) mass is 396 g/mol. The van der Waals surface area contributed by atoms with E-state index in [1.807, 2.05) is 0 Å². The second-order valence-electron chi connectivity index (χ2n) is 2.96. The van der Waals surface area contributed by atoms with Crippen molar-refractivity contribution in [3.8, 4) is 0 Å². The van der Waals surface area contributed by atoms with Crippen LogP contribution in [0.5, 0.6) is 0 Å². The number of amides is 2. The summed E-state index contributed by atoms with van der Waals surface area (Å²) < 4.78 is 0. The van der Waals surface area contributed by atoms with Gasteiger partial charge in [-0.3, -0.25) is 0 Å². The molecule has 0 aliphatic heterocycles. The Kier molecular flexibility index (Phi) is 10.6. The first-order valence-corrected chi connectivity index (χ1v) is 11.6. The summed E-state index contributed by atoms with van der Waals surface area (Å²) >= 11 is -0.141. The zero-order valence-corrected chi connectivity index (χ0v) is 13.0. The summed E-state index contributed by atoms with van der Waals surface area (Å²) in [5, 5.41) is 35.3. The number of aliphatic hydroxyl groups excluding tert-OH is 4. The van der Waals surface area contributed by atoms with Gasteiger partial charge in [0.1, 0.15) is 0 Å². The van der Waals surface area contributed by atoms with Gasteiger partial charge in [-0.15, -0.1) is 0 Å². The molecule has 0 aliphatic carbocycles. The van der Waals surface area contributed by atoms with E-state index in [2.05, 4.69) is 0 Å². The van der Waals surface area contributed by atoms with Gasteiger partial charge in [0.25, 0.3) is 0 Å². The van der Waals surface area contributed by atoms with Crippen LogP contribution in [0.1, 0.15) is 0 Å². The Labute approximate surface area is 115 Å². The fourth-order valence-corrected chi connectivity index (χ4v) is 6.33. The molecule has 8 nitrogen and oxygen atoms in total. The van der Waals surface area contributed by atoms with Crippen LogP contribution in [0, 0.1) is 0 Å². The summed E-state index contributed by atoms with van der Waals surface area (Å²) in [6, 6.07) is 0. The van der Waals surface area contributed by atoms with Gasteiger partial charge in [0, 0.05) is 0 Å². The number of rotatable bonds is 9. The van der Waals surface area contributed by atoms with Crippen LogP contribution >= 0.6 is 0 Å². The van der Waals surface area contributed by atoms with E-state index in [4.69, 9.17) is 20.4 Å². The van der Waals surface area contributed by atoms with Gasteiger partial charge >= 0.3 is 115 Å². The van der Waals surface area contributed by atoms with Crippen molar-refractivity contribution in [2.24, 2.45) is 0 Å². The van der Waals surface area contributed by atoms with E-state index in [1.165, 1.54) is 0 Å². The SMILES string of the molecule is O=C(C[Se][Se]CC(=O)N(CO)CO)N(CO)CO. The van der Waals surface area contributed by atoms with Crippen molar-refractivity contribution in [2.75, 3.05) is 26.9 Å². The molecule has 0 aliphatic rings. The molecule has 10 heteroatoms. The molecule has 106 valence electrons. The molecular weight excluding hydrogens is 378 g/mol. The fraction of sp³-hybridized carbons (Fsp3) is 0.750. The second-order valence-corrected chi connectivity index (χ2v) is 10.3. The van der Waals surface area contributed by atoms with E-state index >= 15 is 0 Å². The van der Waals surface area contributed by atoms with E-state index in [0.29, 0.717) is 0 Å². The Morgan fingerprint density at radius 1 is 0.722 bits per heavy atom. The Balaban J connectivity index is 3.79. The van der Waals surface area contributed by atoms with Crippen LogP contribution in [0.4, 0.5) is 0 Å². The van der Waals surface area contributed by atoms with Gasteiger partial charge in [0.15, 0.2) is 0 Å². The molecule has 0 bridgehead atoms. The summed E-state index contributed by atoms with van der Waals surface area (Å²) in [5.41, 5.74) is 0. The molecule has 0 unspecified atom stereocenters. The van der Waals surface area contributed by atoms with Gasteiger partial charge in [0.05, 0.1) is 0 Å². The molecule has 0 aromatic rings. The van der Waals surface area contributed by atoms with Gasteiger partial charge in [-0.25, -0.2) is 0 Å². The van der Waals surface area contributed by atoms with Gasteiger partial charge < -0.3 is 0 Å². The minimum atomic E-state index is -0.528. The van der Waals surface area contributed by atoms with Crippen molar-refractivity contribution >= 4 is 38.1 Å². The third-order valence-corrected chi connectivity index (χ3v) is 8.10. The number of carbonyl (C=O) groups is 2. The van der Waals surface area contributed by atoms with Gasteiger partial charge in [0.2, 0.25) is 0 Å². The molecule has 0 atom stereocenters. The van der Waals surface area contributed by atoms with Crippen LogP contribution in [0.3, 0.4) is 0 Å². The van der Waals surface area contributed by atoms with Crippen molar-refractivity contribution in [3.05, 3.63) is 0 Å². The summed E-state index contributed by atoms with van der Waals surface area (Å²) in [6.07, 6.45) is 0. The summed E-state index contributed by atoms with van der Waals surface area (Å²) in [5.74, 6) is -0.703. The average molecular weight is 394 g/mol. The Morgan fingerprint density at radius 2 is 1.00 bits per heavy atom. The van der Waals surface area contributed by atoms with Crippen LogP contribution in [0.15, 0.2) is 0 Å². The van der Waals surface area contributed by atoms with E-state index in [0.717, 1.165) is 9.80 Å². The molecule has 4 N–H and O–H groups in total. The number of hydrogen-bond acceptors (Lipinski definition) is 6. The summed E-state index contributed by atoms with van der Waals surface area (Å²) in [7, 11) is 0. The fourth-order valence-electron chi connectivity index (χ4n) is 0.772. The predicted molar refractivity (Wildman–Crippen MR) is 63.2 cm³/mol. The van der Waals surface area contributed by atoms with Crippen molar-refractivity contribution in [2.45, 2.75) is 10.6 Å². The number of carbonyl (C=O) groups excluding carboxylic acids is 2. The van der Waals surface area contributed by atoms with Crippen molar-refractivity contribution < 1.29 is 30.0 Å². The van der Waals surface area contributed by atoms with Crippen molar-refractivity contribution in [3.63, 3.8) is 0 Å². The van der Waals surface area contributed by atoms with Crippen LogP contribution in [0.2, 0.25) is 10.6 Å². The molecule has 0 aromatic carbocycles. The topological polar surface area (TPSA) is 122 Å². The first-order chi connectivity index (χ1) is 8.60. The first kappa shape index (κ1) is 17.8. The molecular formula is C8H16N2O6Se2. The first-order valence-electron chi connectivity index (χ1n) is 4.84. The normalized spacial score (nSPS) is 10.2. The molecule has 0 saturated carbocycles. The molecule has 0 saturated heterocycles. The molecule has 0 aromatic heterocycles. The van der Waals surface area contributed by atoms with E-state index in [1.54, 1.807) is 0 Å². The summed E-state index contributed by atoms with van der Waals surface area (Å²) in [6.45, 7) is -2.11. The predicted octanol–water partition coefficient (Wildman–Crippen LogP) is -3.40. The third kappa shape index (κ3) is 6.67. The molecule has 0 fully saturated rings. The molecule has 18 heavy (non-hydrogen) atoms. The number of hydrogen-bond donors (Lipinski definition) is 4. The number of nitrogens with zero attached hydrogens (tertiary/aromatic N) is 2. The van der Waals surface area contributed by atoms with E-state index in [-0.39, 0.29) is 48.7 Å². The quantitative estimate of drug-likeness (QED) is 0.184. The van der Waals surface area contributed by atoms with Crippen LogP contribution < -0.4 is 0 Å². The zero-order chi connectivity index (χ0) is 14.0. The second kappa shape index (κ2) is 10.7. The van der Waals surface area contributed by atoms with Gasteiger partial charge in [-0.2, -0.15) is 0 Å². The van der Waals surface area contributed by atoms with Gasteiger partial charge in [-0.05, 0) is 0 Å². The van der Waals surface area contributed by atoms with Crippen molar-refractivity contribution in [1.82, 2.24) is 9.80 Å². The molecule has 0 rings (SSSR count). The van der Waals surface area contributed by atoms with Gasteiger partial charge in [-0.1, -0.05) is 0 Å². The molecule has 0 spiro atoms. The Hall–Kier alpha value is -0.181. The summed E-state index contributed by atoms with van der Waals surface area (Å²) in [4.78, 5) is 24.5. The van der Waals surface area contributed by atoms with Crippen LogP contribution in [-0.4, -0.2) is 95.2 Å². The maximum atomic E-state index is 11.4. The van der Waals surface area contributed by atoms with E-state index < -0.39 is 26.9 Å². The minimum absolute atomic E-state index is 0.0705. The Morgan fingerprint density at radius 3 is 1.22 bits per heavy atom. The Bertz CT molecular complexity index is 234. The molecule has 0 radical (unpaired) electrons. The standard InChI is InChI=1S/C8H16N2O6Se2/c11-3-9(4-12)7(15)1-17-18-2-8(16)10(5-13)6-14/h11-14H,1-6H2. The van der Waals surface area contributed by atoms with Crippen molar-refractivity contribution in [1.29, 1.82) is 0 Å². The van der Waals surface area contributed by atoms with Crippen LogP contribution in [0.25, 0.3) is 0 Å². The average Bonchev–Trinajstić information content (AvgIpc) is 2.37.